The molecule has 0 spiro atoms. The zero-order chi connectivity index (χ0) is 8.10. The molecule has 0 amide bonds. The average Bonchev–Trinajstić information content (AvgIpc) is 2.06. The van der Waals surface area contributed by atoms with Gasteiger partial charge in [0, 0.05) is 13.1 Å². The first-order valence-corrected chi connectivity index (χ1v) is 4.43. The van der Waals surface area contributed by atoms with Crippen molar-refractivity contribution in [2.45, 2.75) is 25.4 Å². The zero-order valence-corrected chi connectivity index (χ0v) is 9.45. The molecule has 0 aromatic heterocycles. The van der Waals surface area contributed by atoms with Gasteiger partial charge in [0.2, 0.25) is 0 Å². The van der Waals surface area contributed by atoms with E-state index in [0.29, 0.717) is 6.54 Å². The molecular formula is C8H20Cl2N2O. The fourth-order valence-corrected chi connectivity index (χ4v) is 1.51. The van der Waals surface area contributed by atoms with E-state index in [4.69, 9.17) is 5.73 Å². The molecule has 0 aromatic rings. The number of likely N-dealkylation sites (tertiary alicyclic amines) is 1. The molecule has 13 heavy (non-hydrogen) atoms. The van der Waals surface area contributed by atoms with Crippen molar-refractivity contribution in [2.24, 2.45) is 5.73 Å². The van der Waals surface area contributed by atoms with Crippen LogP contribution in [0, 0.1) is 0 Å². The van der Waals surface area contributed by atoms with Crippen LogP contribution < -0.4 is 5.73 Å². The summed E-state index contributed by atoms with van der Waals surface area (Å²) in [5, 5.41) is 9.24. The number of aliphatic hydroxyl groups is 1. The van der Waals surface area contributed by atoms with Gasteiger partial charge >= 0.3 is 0 Å². The highest BCUT2D eigenvalue weighted by molar-refractivity contribution is 5.85. The summed E-state index contributed by atoms with van der Waals surface area (Å²) in [6, 6.07) is 0. The van der Waals surface area contributed by atoms with E-state index < -0.39 is 0 Å². The average molecular weight is 231 g/mol. The maximum Gasteiger partial charge on any atom is 0.0789 e. The van der Waals surface area contributed by atoms with E-state index in [9.17, 15) is 5.11 Å². The molecule has 3 N–H and O–H groups in total. The van der Waals surface area contributed by atoms with Gasteiger partial charge in [-0.1, -0.05) is 6.42 Å². The third-order valence-corrected chi connectivity index (χ3v) is 2.19. The number of nitrogens with two attached hydrogens (primary N) is 1. The van der Waals surface area contributed by atoms with Crippen molar-refractivity contribution in [1.29, 1.82) is 0 Å². The summed E-state index contributed by atoms with van der Waals surface area (Å²) in [6.07, 6.45) is 3.57. The lowest BCUT2D eigenvalue weighted by Crippen LogP contribution is -2.39. The normalized spacial score (nSPS) is 19.8. The van der Waals surface area contributed by atoms with Gasteiger partial charge in [-0.2, -0.15) is 0 Å². The summed E-state index contributed by atoms with van der Waals surface area (Å²) < 4.78 is 0. The number of β-amino-alcohol motifs (C(OH)–C–C–N with tert-alkyl or cyclic N) is 1. The van der Waals surface area contributed by atoms with E-state index >= 15 is 0 Å². The Morgan fingerprint density at radius 2 is 1.69 bits per heavy atom. The van der Waals surface area contributed by atoms with Gasteiger partial charge in [-0.3, -0.25) is 0 Å². The quantitative estimate of drug-likeness (QED) is 0.749. The van der Waals surface area contributed by atoms with E-state index in [2.05, 4.69) is 4.90 Å². The first-order chi connectivity index (χ1) is 5.33. The molecular weight excluding hydrogens is 211 g/mol. The maximum atomic E-state index is 9.24. The van der Waals surface area contributed by atoms with Crippen LogP contribution in [0.15, 0.2) is 0 Å². The lowest BCUT2D eigenvalue weighted by molar-refractivity contribution is 0.107. The number of aliphatic hydroxyl groups excluding tert-OH is 1. The van der Waals surface area contributed by atoms with Crippen molar-refractivity contribution in [3.63, 3.8) is 0 Å². The topological polar surface area (TPSA) is 49.5 Å². The van der Waals surface area contributed by atoms with Gasteiger partial charge in [0.15, 0.2) is 0 Å². The Kier molecular flexibility index (Phi) is 11.1. The van der Waals surface area contributed by atoms with Crippen molar-refractivity contribution in [2.75, 3.05) is 26.2 Å². The summed E-state index contributed by atoms with van der Waals surface area (Å²) in [7, 11) is 0. The predicted octanol–water partition coefficient (Wildman–Crippen LogP) is 0.635. The first kappa shape index (κ1) is 15.9. The van der Waals surface area contributed by atoms with Crippen molar-refractivity contribution >= 4 is 24.8 Å². The Balaban J connectivity index is 0. The van der Waals surface area contributed by atoms with Gasteiger partial charge in [0.1, 0.15) is 0 Å². The van der Waals surface area contributed by atoms with Crippen LogP contribution in [0.5, 0.6) is 0 Å². The molecule has 0 radical (unpaired) electrons. The molecule has 0 aliphatic carbocycles. The van der Waals surface area contributed by atoms with Crippen molar-refractivity contribution in [3.8, 4) is 0 Å². The molecule has 82 valence electrons. The SMILES string of the molecule is Cl.Cl.NC[C@H](O)CN1CCCCC1. The smallest absolute Gasteiger partial charge is 0.0789 e. The molecule has 1 aliphatic rings. The highest BCUT2D eigenvalue weighted by Crippen LogP contribution is 2.08. The molecule has 0 bridgehead atoms. The zero-order valence-electron chi connectivity index (χ0n) is 7.82. The molecule has 1 aliphatic heterocycles. The van der Waals surface area contributed by atoms with E-state index in [1.165, 1.54) is 19.3 Å². The summed E-state index contributed by atoms with van der Waals surface area (Å²) in [6.45, 7) is 3.42. The summed E-state index contributed by atoms with van der Waals surface area (Å²) >= 11 is 0. The summed E-state index contributed by atoms with van der Waals surface area (Å²) in [5.41, 5.74) is 5.31. The van der Waals surface area contributed by atoms with Crippen molar-refractivity contribution in [1.82, 2.24) is 4.90 Å². The Morgan fingerprint density at radius 3 is 2.15 bits per heavy atom. The number of rotatable bonds is 3. The molecule has 3 nitrogen and oxygen atoms in total. The number of piperidine rings is 1. The summed E-state index contributed by atoms with van der Waals surface area (Å²) in [4.78, 5) is 2.29. The van der Waals surface area contributed by atoms with E-state index in [-0.39, 0.29) is 30.9 Å². The first-order valence-electron chi connectivity index (χ1n) is 4.43. The number of halogens is 2. The van der Waals surface area contributed by atoms with Crippen LogP contribution in [-0.4, -0.2) is 42.3 Å². The minimum Gasteiger partial charge on any atom is -0.390 e. The van der Waals surface area contributed by atoms with Gasteiger partial charge in [0.05, 0.1) is 6.10 Å². The second kappa shape index (κ2) is 9.03. The third kappa shape index (κ3) is 6.52. The van der Waals surface area contributed by atoms with Crippen LogP contribution >= 0.6 is 24.8 Å². The standard InChI is InChI=1S/C8H18N2O.2ClH/c9-6-8(11)7-10-4-2-1-3-5-10;;/h8,11H,1-7,9H2;2*1H/t8-;;/m0../s1. The fraction of sp³-hybridized carbons (Fsp3) is 1.00. The lowest BCUT2D eigenvalue weighted by atomic mass is 10.1. The van der Waals surface area contributed by atoms with Gasteiger partial charge in [0.25, 0.3) is 0 Å². The molecule has 1 fully saturated rings. The largest absolute Gasteiger partial charge is 0.390 e. The second-order valence-electron chi connectivity index (χ2n) is 3.25. The molecule has 0 saturated carbocycles. The number of nitrogens with zero attached hydrogens (tertiary/aromatic N) is 1. The third-order valence-electron chi connectivity index (χ3n) is 2.19. The second-order valence-corrected chi connectivity index (χ2v) is 3.25. The van der Waals surface area contributed by atoms with Crippen LogP contribution in [0.1, 0.15) is 19.3 Å². The van der Waals surface area contributed by atoms with Crippen molar-refractivity contribution in [3.05, 3.63) is 0 Å². The van der Waals surface area contributed by atoms with E-state index in [1.807, 2.05) is 0 Å². The highest BCUT2D eigenvalue weighted by atomic mass is 35.5. The minimum atomic E-state index is -0.326. The van der Waals surface area contributed by atoms with Gasteiger partial charge in [-0.25, -0.2) is 0 Å². The number of hydrogen-bond donors (Lipinski definition) is 2. The van der Waals surface area contributed by atoms with E-state index in [0.717, 1.165) is 19.6 Å². The predicted molar refractivity (Wildman–Crippen MR) is 59.8 cm³/mol. The maximum absolute atomic E-state index is 9.24. The fourth-order valence-electron chi connectivity index (χ4n) is 1.51. The lowest BCUT2D eigenvalue weighted by Gasteiger charge is -2.27. The Hall–Kier alpha value is 0.460. The molecule has 0 unspecified atom stereocenters. The van der Waals surface area contributed by atoms with Gasteiger partial charge in [-0.15, -0.1) is 24.8 Å². The Morgan fingerprint density at radius 1 is 1.15 bits per heavy atom. The van der Waals surface area contributed by atoms with Crippen molar-refractivity contribution < 1.29 is 5.11 Å². The molecule has 1 saturated heterocycles. The monoisotopic (exact) mass is 230 g/mol. The van der Waals surface area contributed by atoms with Crippen LogP contribution in [0.3, 0.4) is 0 Å². The van der Waals surface area contributed by atoms with Crippen LogP contribution in [-0.2, 0) is 0 Å². The van der Waals surface area contributed by atoms with Gasteiger partial charge in [-0.05, 0) is 25.9 Å². The number of hydrogen-bond acceptors (Lipinski definition) is 3. The Labute approximate surface area is 92.5 Å². The minimum absolute atomic E-state index is 0. The van der Waals surface area contributed by atoms with Gasteiger partial charge < -0.3 is 15.7 Å². The Bertz CT molecular complexity index is 110. The molecule has 1 atom stereocenters. The summed E-state index contributed by atoms with van der Waals surface area (Å²) in [5.74, 6) is 0. The van der Waals surface area contributed by atoms with Crippen LogP contribution in [0.4, 0.5) is 0 Å². The molecule has 5 heteroatoms. The van der Waals surface area contributed by atoms with E-state index in [1.54, 1.807) is 0 Å². The molecule has 1 heterocycles. The van der Waals surface area contributed by atoms with Crippen LogP contribution in [0.2, 0.25) is 0 Å². The molecule has 1 rings (SSSR count). The van der Waals surface area contributed by atoms with Crippen LogP contribution in [0.25, 0.3) is 0 Å². The molecule has 0 aromatic carbocycles. The highest BCUT2D eigenvalue weighted by Gasteiger charge is 2.12.